The van der Waals surface area contributed by atoms with Gasteiger partial charge < -0.3 is 20.5 Å². The summed E-state index contributed by atoms with van der Waals surface area (Å²) >= 11 is 0. The van der Waals surface area contributed by atoms with Crippen LogP contribution in [0.15, 0.2) is 78.5 Å². The Morgan fingerprint density at radius 2 is 1.62 bits per heavy atom. The van der Waals surface area contributed by atoms with E-state index in [1.165, 1.54) is 55.7 Å². The maximum absolute atomic E-state index is 13.3. The number of halogens is 1. The molecule has 0 bridgehead atoms. The van der Waals surface area contributed by atoms with Crippen LogP contribution in [-0.2, 0) is 4.79 Å². The summed E-state index contributed by atoms with van der Waals surface area (Å²) in [6, 6.07) is 17.6. The average molecular weight is 434 g/mol. The summed E-state index contributed by atoms with van der Waals surface area (Å²) < 4.78 is 18.4. The van der Waals surface area contributed by atoms with Gasteiger partial charge in [0.1, 0.15) is 17.3 Å². The molecule has 162 valence electrons. The quantitative estimate of drug-likeness (QED) is 0.489. The summed E-state index contributed by atoms with van der Waals surface area (Å²) in [5.41, 5.74) is 0.718. The largest absolute Gasteiger partial charge is 0.495 e. The van der Waals surface area contributed by atoms with Crippen LogP contribution in [-0.4, -0.2) is 30.0 Å². The molecule has 8 heteroatoms. The third kappa shape index (κ3) is 5.57. The Hall–Kier alpha value is -4.46. The van der Waals surface area contributed by atoms with E-state index in [9.17, 15) is 23.9 Å². The van der Waals surface area contributed by atoms with E-state index in [2.05, 4.69) is 10.6 Å². The molecule has 7 nitrogen and oxygen atoms in total. The molecule has 3 aromatic carbocycles. The van der Waals surface area contributed by atoms with Gasteiger partial charge in [0.15, 0.2) is 0 Å². The Morgan fingerprint density at radius 1 is 0.938 bits per heavy atom. The molecule has 0 aromatic heterocycles. The number of rotatable bonds is 7. The highest BCUT2D eigenvalue weighted by Gasteiger charge is 2.18. The van der Waals surface area contributed by atoms with E-state index in [0.29, 0.717) is 11.1 Å². The van der Waals surface area contributed by atoms with Crippen LogP contribution < -0.4 is 15.4 Å². The molecule has 0 unspecified atom stereocenters. The van der Waals surface area contributed by atoms with Gasteiger partial charge in [0, 0.05) is 5.56 Å². The Morgan fingerprint density at radius 3 is 2.25 bits per heavy atom. The molecule has 0 radical (unpaired) electrons. The van der Waals surface area contributed by atoms with Crippen molar-refractivity contribution in [2.45, 2.75) is 0 Å². The fourth-order valence-corrected chi connectivity index (χ4v) is 2.80. The first-order valence-electron chi connectivity index (χ1n) is 9.43. The predicted octanol–water partition coefficient (Wildman–Crippen LogP) is 3.94. The summed E-state index contributed by atoms with van der Waals surface area (Å²) in [5, 5.41) is 14.3. The zero-order valence-corrected chi connectivity index (χ0v) is 17.0. The molecule has 3 N–H and O–H groups in total. The second kappa shape index (κ2) is 10.0. The second-order valence-electron chi connectivity index (χ2n) is 6.60. The molecule has 0 aliphatic carbocycles. The number of nitrogens with one attached hydrogen (secondary N) is 2. The van der Waals surface area contributed by atoms with Gasteiger partial charge in [-0.15, -0.1) is 0 Å². The highest BCUT2D eigenvalue weighted by atomic mass is 19.1. The zero-order chi connectivity index (χ0) is 23.1. The summed E-state index contributed by atoms with van der Waals surface area (Å²) in [6.45, 7) is 0. The van der Waals surface area contributed by atoms with E-state index in [1.54, 1.807) is 30.3 Å². The molecular formula is C24H19FN2O5. The Labute approximate surface area is 183 Å². The van der Waals surface area contributed by atoms with E-state index in [0.717, 1.165) is 0 Å². The van der Waals surface area contributed by atoms with Crippen LogP contribution in [0.5, 0.6) is 5.75 Å². The summed E-state index contributed by atoms with van der Waals surface area (Å²) in [5.74, 6) is -2.64. The van der Waals surface area contributed by atoms with Crippen molar-refractivity contribution in [3.8, 4) is 5.75 Å². The van der Waals surface area contributed by atoms with Gasteiger partial charge >= 0.3 is 5.97 Å². The smallest absolute Gasteiger partial charge is 0.335 e. The van der Waals surface area contributed by atoms with Gasteiger partial charge in [-0.05, 0) is 54.1 Å². The minimum absolute atomic E-state index is 0.0570. The van der Waals surface area contributed by atoms with Crippen LogP contribution in [0.25, 0.3) is 6.08 Å². The molecule has 0 saturated heterocycles. The van der Waals surface area contributed by atoms with E-state index >= 15 is 0 Å². The number of methoxy groups -OCH3 is 1. The van der Waals surface area contributed by atoms with Gasteiger partial charge in [-0.1, -0.05) is 30.3 Å². The van der Waals surface area contributed by atoms with Crippen LogP contribution in [0.2, 0.25) is 0 Å². The molecule has 2 amide bonds. The van der Waals surface area contributed by atoms with Crippen LogP contribution in [0.3, 0.4) is 0 Å². The number of anilines is 1. The molecule has 3 rings (SSSR count). The van der Waals surface area contributed by atoms with Crippen molar-refractivity contribution in [2.24, 2.45) is 0 Å². The van der Waals surface area contributed by atoms with Gasteiger partial charge in [-0.3, -0.25) is 9.59 Å². The number of carboxylic acids is 1. The number of amides is 2. The van der Waals surface area contributed by atoms with E-state index in [4.69, 9.17) is 4.74 Å². The molecule has 0 heterocycles. The number of carboxylic acid groups (broad SMARTS) is 1. The lowest BCUT2D eigenvalue weighted by Crippen LogP contribution is -2.30. The number of aromatic carboxylic acids is 1. The summed E-state index contributed by atoms with van der Waals surface area (Å²) in [7, 11) is 1.37. The fraction of sp³-hybridized carbons (Fsp3) is 0.0417. The van der Waals surface area contributed by atoms with E-state index in [1.807, 2.05) is 0 Å². The van der Waals surface area contributed by atoms with E-state index in [-0.39, 0.29) is 22.7 Å². The third-order valence-corrected chi connectivity index (χ3v) is 4.40. The molecule has 32 heavy (non-hydrogen) atoms. The van der Waals surface area contributed by atoms with Crippen LogP contribution >= 0.6 is 0 Å². The maximum Gasteiger partial charge on any atom is 0.335 e. The van der Waals surface area contributed by atoms with Crippen molar-refractivity contribution < 1.29 is 28.6 Å². The molecule has 3 aromatic rings. The molecule has 0 fully saturated rings. The minimum Gasteiger partial charge on any atom is -0.495 e. The van der Waals surface area contributed by atoms with Crippen LogP contribution in [0.4, 0.5) is 10.1 Å². The summed E-state index contributed by atoms with van der Waals surface area (Å²) in [4.78, 5) is 36.9. The van der Waals surface area contributed by atoms with Gasteiger partial charge in [0.25, 0.3) is 11.8 Å². The zero-order valence-electron chi connectivity index (χ0n) is 17.0. The van der Waals surface area contributed by atoms with Crippen molar-refractivity contribution in [3.05, 3.63) is 101 Å². The monoisotopic (exact) mass is 434 g/mol. The first-order chi connectivity index (χ1) is 15.4. The van der Waals surface area contributed by atoms with E-state index < -0.39 is 23.6 Å². The van der Waals surface area contributed by atoms with Crippen molar-refractivity contribution in [3.63, 3.8) is 0 Å². The first kappa shape index (κ1) is 22.2. The second-order valence-corrected chi connectivity index (χ2v) is 6.60. The first-order valence-corrected chi connectivity index (χ1v) is 9.43. The Kier molecular flexibility index (Phi) is 6.97. The SMILES string of the molecule is COc1ccc(C(=O)O)cc1NC(=O)/C(=C\c1ccc(F)cc1)NC(=O)c1ccccc1. The number of ether oxygens (including phenoxy) is 1. The number of hydrogen-bond donors (Lipinski definition) is 3. The van der Waals surface area contributed by atoms with Crippen molar-refractivity contribution in [1.29, 1.82) is 0 Å². The van der Waals surface area contributed by atoms with Crippen LogP contribution in [0, 0.1) is 5.82 Å². The normalized spacial score (nSPS) is 10.9. The molecular weight excluding hydrogens is 415 g/mol. The van der Waals surface area contributed by atoms with Gasteiger partial charge in [-0.25, -0.2) is 9.18 Å². The van der Waals surface area contributed by atoms with Crippen molar-refractivity contribution in [2.75, 3.05) is 12.4 Å². The fourth-order valence-electron chi connectivity index (χ4n) is 2.80. The number of carbonyl (C=O) groups excluding carboxylic acids is 2. The predicted molar refractivity (Wildman–Crippen MR) is 117 cm³/mol. The topological polar surface area (TPSA) is 105 Å². The standard InChI is InChI=1S/C24H19FN2O5/c1-32-21-12-9-17(24(30)31)14-19(21)26-23(29)20(13-15-7-10-18(25)11-8-15)27-22(28)16-5-3-2-4-6-16/h2-14H,1H3,(H,26,29)(H,27,28)(H,30,31)/b20-13+. The molecule has 0 atom stereocenters. The highest BCUT2D eigenvalue weighted by Crippen LogP contribution is 2.26. The minimum atomic E-state index is -1.18. The van der Waals surface area contributed by atoms with Crippen molar-refractivity contribution >= 4 is 29.5 Å². The molecule has 0 aliphatic rings. The van der Waals surface area contributed by atoms with Gasteiger partial charge in [0.05, 0.1) is 18.4 Å². The highest BCUT2D eigenvalue weighted by molar-refractivity contribution is 6.11. The molecule has 0 spiro atoms. The lowest BCUT2D eigenvalue weighted by molar-refractivity contribution is -0.113. The summed E-state index contributed by atoms with van der Waals surface area (Å²) in [6.07, 6.45) is 1.38. The number of hydrogen-bond acceptors (Lipinski definition) is 4. The lowest BCUT2D eigenvalue weighted by Gasteiger charge is -2.14. The van der Waals surface area contributed by atoms with Crippen molar-refractivity contribution in [1.82, 2.24) is 5.32 Å². The maximum atomic E-state index is 13.3. The van der Waals surface area contributed by atoms with Gasteiger partial charge in [0.2, 0.25) is 0 Å². The lowest BCUT2D eigenvalue weighted by atomic mass is 10.1. The number of carbonyl (C=O) groups is 3. The average Bonchev–Trinajstić information content (AvgIpc) is 2.80. The third-order valence-electron chi connectivity index (χ3n) is 4.40. The number of benzene rings is 3. The van der Waals surface area contributed by atoms with Gasteiger partial charge in [-0.2, -0.15) is 0 Å². The Bertz CT molecular complexity index is 1170. The molecule has 0 aliphatic heterocycles. The van der Waals surface area contributed by atoms with Crippen LogP contribution in [0.1, 0.15) is 26.3 Å². The molecule has 0 saturated carbocycles. The Balaban J connectivity index is 1.94.